The summed E-state index contributed by atoms with van der Waals surface area (Å²) in [5, 5.41) is 11.6. The predicted molar refractivity (Wildman–Crippen MR) is 104 cm³/mol. The van der Waals surface area contributed by atoms with Crippen molar-refractivity contribution in [1.82, 2.24) is 20.8 Å². The third-order valence-corrected chi connectivity index (χ3v) is 5.03. The molecule has 1 heterocycles. The number of nitrogens with one attached hydrogen (secondary N) is 2. The molecule has 2 aromatic rings. The highest BCUT2D eigenvalue weighted by atomic mass is 35.5. The Hall–Kier alpha value is -2.08. The largest absolute Gasteiger partial charge is 0.356 e. The molecule has 0 spiro atoms. The van der Waals surface area contributed by atoms with Crippen LogP contribution >= 0.6 is 11.6 Å². The van der Waals surface area contributed by atoms with Crippen LogP contribution in [0.4, 0.5) is 0 Å². The molecule has 0 radical (unpaired) electrons. The number of halogens is 1. The van der Waals surface area contributed by atoms with Gasteiger partial charge in [0, 0.05) is 36.6 Å². The zero-order valence-electron chi connectivity index (χ0n) is 15.3. The molecule has 1 aliphatic rings. The minimum absolute atomic E-state index is 0.511. The summed E-state index contributed by atoms with van der Waals surface area (Å²) in [7, 11) is 1.80. The van der Waals surface area contributed by atoms with Gasteiger partial charge < -0.3 is 15.2 Å². The number of aromatic nitrogens is 2. The molecule has 0 unspecified atom stereocenters. The summed E-state index contributed by atoms with van der Waals surface area (Å²) in [4.78, 5) is 8.74. The lowest BCUT2D eigenvalue weighted by Gasteiger charge is -2.28. The highest BCUT2D eigenvalue weighted by Crippen LogP contribution is 2.23. The maximum atomic E-state index is 5.90. The van der Waals surface area contributed by atoms with Crippen molar-refractivity contribution in [2.75, 3.05) is 13.6 Å². The number of hydrogen-bond donors (Lipinski definition) is 2. The second-order valence-corrected chi connectivity index (χ2v) is 7.31. The van der Waals surface area contributed by atoms with E-state index in [-0.39, 0.29) is 0 Å². The smallest absolute Gasteiger partial charge is 0.228 e. The molecule has 1 aromatic heterocycles. The minimum atomic E-state index is 0.511. The number of hydrogen-bond acceptors (Lipinski definition) is 4. The molecule has 0 bridgehead atoms. The predicted octanol–water partition coefficient (Wildman–Crippen LogP) is 3.68. The van der Waals surface area contributed by atoms with E-state index in [4.69, 9.17) is 16.1 Å². The Balaban J connectivity index is 1.46. The third-order valence-electron chi connectivity index (χ3n) is 4.78. The van der Waals surface area contributed by atoms with E-state index in [1.54, 1.807) is 7.05 Å². The maximum absolute atomic E-state index is 5.90. The first-order chi connectivity index (χ1) is 12.6. The lowest BCUT2D eigenvalue weighted by atomic mass is 9.87. The van der Waals surface area contributed by atoms with Crippen LogP contribution in [0.1, 0.15) is 38.5 Å². The lowest BCUT2D eigenvalue weighted by Crippen LogP contribution is -2.45. The number of aliphatic imine (C=N–C) groups is 1. The normalized spacial score (nSPS) is 20.8. The van der Waals surface area contributed by atoms with Crippen LogP contribution in [0, 0.1) is 5.92 Å². The number of nitrogens with zero attached hydrogens (tertiary/aromatic N) is 3. The first kappa shape index (κ1) is 18.7. The van der Waals surface area contributed by atoms with Gasteiger partial charge in [-0.15, -0.1) is 0 Å². The molecule has 140 valence electrons. The van der Waals surface area contributed by atoms with Gasteiger partial charge in [0.25, 0.3) is 0 Å². The van der Waals surface area contributed by atoms with E-state index < -0.39 is 0 Å². The Bertz CT molecular complexity index is 720. The van der Waals surface area contributed by atoms with E-state index in [2.05, 4.69) is 32.7 Å². The zero-order valence-corrected chi connectivity index (χ0v) is 16.1. The SMILES string of the molecule is CN=C(NCCc1nc(-c2ccc(Cl)cc2)no1)NC1CCC(C)CC1. The highest BCUT2D eigenvalue weighted by Gasteiger charge is 2.18. The van der Waals surface area contributed by atoms with Crippen molar-refractivity contribution < 1.29 is 4.52 Å². The van der Waals surface area contributed by atoms with E-state index in [9.17, 15) is 0 Å². The second kappa shape index (κ2) is 9.03. The minimum Gasteiger partial charge on any atom is -0.356 e. The molecule has 2 N–H and O–H groups in total. The van der Waals surface area contributed by atoms with E-state index in [0.29, 0.717) is 35.7 Å². The van der Waals surface area contributed by atoms with Crippen molar-refractivity contribution in [2.45, 2.75) is 45.1 Å². The van der Waals surface area contributed by atoms with Gasteiger partial charge in [-0.1, -0.05) is 23.7 Å². The van der Waals surface area contributed by atoms with E-state index in [1.807, 2.05) is 24.3 Å². The summed E-state index contributed by atoms with van der Waals surface area (Å²) in [6.07, 6.45) is 5.61. The molecule has 7 heteroatoms. The van der Waals surface area contributed by atoms with Gasteiger partial charge in [0.2, 0.25) is 11.7 Å². The summed E-state index contributed by atoms with van der Waals surface area (Å²) in [6.45, 7) is 3.01. The van der Waals surface area contributed by atoms with Crippen LogP contribution in [-0.2, 0) is 6.42 Å². The fourth-order valence-electron chi connectivity index (χ4n) is 3.15. The third kappa shape index (κ3) is 5.21. The van der Waals surface area contributed by atoms with E-state index in [1.165, 1.54) is 25.7 Å². The van der Waals surface area contributed by atoms with Crippen molar-refractivity contribution in [1.29, 1.82) is 0 Å². The summed E-state index contributed by atoms with van der Waals surface area (Å²) >= 11 is 5.90. The molecule has 0 aliphatic heterocycles. The monoisotopic (exact) mass is 375 g/mol. The van der Waals surface area contributed by atoms with Gasteiger partial charge >= 0.3 is 0 Å². The molecule has 1 aliphatic carbocycles. The molecular weight excluding hydrogens is 350 g/mol. The van der Waals surface area contributed by atoms with Gasteiger partial charge in [0.15, 0.2) is 5.96 Å². The van der Waals surface area contributed by atoms with Gasteiger partial charge in [-0.25, -0.2) is 0 Å². The van der Waals surface area contributed by atoms with Crippen molar-refractivity contribution in [2.24, 2.45) is 10.9 Å². The average Bonchev–Trinajstić information content (AvgIpc) is 3.12. The Labute approximate surface area is 159 Å². The second-order valence-electron chi connectivity index (χ2n) is 6.87. The average molecular weight is 376 g/mol. The summed E-state index contributed by atoms with van der Waals surface area (Å²) in [5.41, 5.74) is 0.890. The highest BCUT2D eigenvalue weighted by molar-refractivity contribution is 6.30. The topological polar surface area (TPSA) is 75.3 Å². The van der Waals surface area contributed by atoms with E-state index in [0.717, 1.165) is 17.4 Å². The molecule has 6 nitrogen and oxygen atoms in total. The van der Waals surface area contributed by atoms with Crippen LogP contribution < -0.4 is 10.6 Å². The zero-order chi connectivity index (χ0) is 18.4. The van der Waals surface area contributed by atoms with Crippen LogP contribution in [-0.4, -0.2) is 35.7 Å². The maximum Gasteiger partial charge on any atom is 0.228 e. The molecule has 1 saturated carbocycles. The summed E-state index contributed by atoms with van der Waals surface area (Å²) < 4.78 is 5.33. The van der Waals surface area contributed by atoms with Gasteiger partial charge in [-0.05, 0) is 55.9 Å². The van der Waals surface area contributed by atoms with Crippen LogP contribution in [0.25, 0.3) is 11.4 Å². The van der Waals surface area contributed by atoms with Crippen LogP contribution in [0.5, 0.6) is 0 Å². The van der Waals surface area contributed by atoms with Crippen LogP contribution in [0.2, 0.25) is 5.02 Å². The van der Waals surface area contributed by atoms with Gasteiger partial charge in [0.05, 0.1) is 0 Å². The Kier molecular flexibility index (Phi) is 6.50. The van der Waals surface area contributed by atoms with Crippen LogP contribution in [0.3, 0.4) is 0 Å². The molecule has 0 amide bonds. The van der Waals surface area contributed by atoms with E-state index >= 15 is 0 Å². The fourth-order valence-corrected chi connectivity index (χ4v) is 3.28. The first-order valence-electron chi connectivity index (χ1n) is 9.19. The van der Waals surface area contributed by atoms with Crippen molar-refractivity contribution >= 4 is 17.6 Å². The van der Waals surface area contributed by atoms with Gasteiger partial charge in [-0.3, -0.25) is 4.99 Å². The Morgan fingerprint density at radius 3 is 2.65 bits per heavy atom. The Morgan fingerprint density at radius 2 is 1.96 bits per heavy atom. The fraction of sp³-hybridized carbons (Fsp3) is 0.526. The van der Waals surface area contributed by atoms with Crippen molar-refractivity contribution in [3.63, 3.8) is 0 Å². The molecule has 1 fully saturated rings. The molecule has 0 saturated heterocycles. The number of benzene rings is 1. The lowest BCUT2D eigenvalue weighted by molar-refractivity contribution is 0.329. The first-order valence-corrected chi connectivity index (χ1v) is 9.57. The standard InChI is InChI=1S/C19H26ClN5O/c1-13-3-9-16(10-4-13)23-19(21-2)22-12-11-17-24-18(25-26-17)14-5-7-15(20)8-6-14/h5-8,13,16H,3-4,9-12H2,1-2H3,(H2,21,22,23). The van der Waals surface area contributed by atoms with Crippen LogP contribution in [0.15, 0.2) is 33.8 Å². The number of rotatable bonds is 5. The van der Waals surface area contributed by atoms with Gasteiger partial charge in [-0.2, -0.15) is 4.98 Å². The number of guanidine groups is 1. The quantitative estimate of drug-likeness (QED) is 0.616. The molecular formula is C19H26ClN5O. The molecule has 26 heavy (non-hydrogen) atoms. The summed E-state index contributed by atoms with van der Waals surface area (Å²) in [6, 6.07) is 7.90. The Morgan fingerprint density at radius 1 is 1.23 bits per heavy atom. The van der Waals surface area contributed by atoms with Gasteiger partial charge in [0.1, 0.15) is 0 Å². The molecule has 3 rings (SSSR count). The molecule has 0 atom stereocenters. The van der Waals surface area contributed by atoms with Crippen molar-refractivity contribution in [3.05, 3.63) is 35.2 Å². The summed E-state index contributed by atoms with van der Waals surface area (Å²) in [5.74, 6) is 2.86. The molecule has 1 aromatic carbocycles. The van der Waals surface area contributed by atoms with Crippen molar-refractivity contribution in [3.8, 4) is 11.4 Å².